The Balaban J connectivity index is 1.63. The summed E-state index contributed by atoms with van der Waals surface area (Å²) in [6, 6.07) is 11.5. The van der Waals surface area contributed by atoms with Crippen LogP contribution in [0.5, 0.6) is 0 Å². The number of rotatable bonds is 3. The third-order valence-corrected chi connectivity index (χ3v) is 5.61. The highest BCUT2D eigenvalue weighted by molar-refractivity contribution is 5.95. The molecule has 148 valence electrons. The molecule has 0 aliphatic heterocycles. The van der Waals surface area contributed by atoms with Gasteiger partial charge in [0.25, 0.3) is 11.5 Å². The molecule has 1 N–H and O–H groups in total. The van der Waals surface area contributed by atoms with Crippen LogP contribution in [-0.4, -0.2) is 20.4 Å². The van der Waals surface area contributed by atoms with E-state index >= 15 is 0 Å². The Kier molecular flexibility index (Phi) is 5.01. The van der Waals surface area contributed by atoms with Gasteiger partial charge in [0.05, 0.1) is 6.04 Å². The van der Waals surface area contributed by atoms with Crippen molar-refractivity contribution in [3.05, 3.63) is 81.0 Å². The van der Waals surface area contributed by atoms with Crippen LogP contribution < -0.4 is 10.9 Å². The molecule has 0 saturated carbocycles. The second-order valence-corrected chi connectivity index (χ2v) is 7.59. The summed E-state index contributed by atoms with van der Waals surface area (Å²) in [7, 11) is 1.68. The molecular weight excluding hydrogens is 364 g/mol. The topological polar surface area (TPSA) is 76.9 Å². The second kappa shape index (κ2) is 7.62. The van der Waals surface area contributed by atoms with Crippen molar-refractivity contribution in [3.63, 3.8) is 0 Å². The number of carbonyl (C=O) groups is 1. The summed E-state index contributed by atoms with van der Waals surface area (Å²) in [5, 5.41) is 3.05. The zero-order valence-corrected chi connectivity index (χ0v) is 16.9. The number of amides is 1. The molecule has 29 heavy (non-hydrogen) atoms. The van der Waals surface area contributed by atoms with Crippen molar-refractivity contribution in [2.75, 3.05) is 0 Å². The number of hydrogen-bond donors (Lipinski definition) is 1. The number of nitrogens with zero attached hydrogens (tertiary/aromatic N) is 3. The lowest BCUT2D eigenvalue weighted by Gasteiger charge is -2.26. The van der Waals surface area contributed by atoms with E-state index in [0.29, 0.717) is 11.4 Å². The molecular formula is C23H24N4O2. The number of aryl methyl sites for hydroxylation is 3. The van der Waals surface area contributed by atoms with Gasteiger partial charge >= 0.3 is 0 Å². The Morgan fingerprint density at radius 1 is 1.21 bits per heavy atom. The maximum atomic E-state index is 13.0. The third kappa shape index (κ3) is 3.58. The Bertz CT molecular complexity index is 1140. The largest absolute Gasteiger partial charge is 0.345 e. The first-order valence-electron chi connectivity index (χ1n) is 9.85. The van der Waals surface area contributed by atoms with Gasteiger partial charge in [0, 0.05) is 35.8 Å². The standard InChI is InChI=1S/C23H24N4O2/c1-14-12-15(2)27(3)23(29)20(14)22(28)26-19-11-7-10-18-17(19)13-24-21(25-18)16-8-5-4-6-9-16/h4-6,8-9,12-13,19H,7,10-11H2,1-3H3,(H,26,28). The normalized spacial score (nSPS) is 15.6. The second-order valence-electron chi connectivity index (χ2n) is 7.59. The first-order valence-corrected chi connectivity index (χ1v) is 9.85. The van der Waals surface area contributed by atoms with E-state index in [0.717, 1.165) is 41.8 Å². The van der Waals surface area contributed by atoms with Gasteiger partial charge in [0.2, 0.25) is 0 Å². The van der Waals surface area contributed by atoms with Crippen LogP contribution in [0.1, 0.15) is 51.8 Å². The SMILES string of the molecule is Cc1cc(C)n(C)c(=O)c1C(=O)NC1CCCc2nc(-c3ccccc3)ncc21. The minimum absolute atomic E-state index is 0.193. The maximum absolute atomic E-state index is 13.0. The Labute approximate surface area is 169 Å². The molecule has 6 nitrogen and oxygen atoms in total. The molecule has 1 aliphatic carbocycles. The summed E-state index contributed by atoms with van der Waals surface area (Å²) >= 11 is 0. The van der Waals surface area contributed by atoms with Crippen LogP contribution in [0, 0.1) is 13.8 Å². The average molecular weight is 388 g/mol. The molecule has 2 heterocycles. The predicted molar refractivity (Wildman–Crippen MR) is 112 cm³/mol. The quantitative estimate of drug-likeness (QED) is 0.747. The molecule has 2 aromatic heterocycles. The summed E-state index contributed by atoms with van der Waals surface area (Å²) in [4.78, 5) is 34.8. The van der Waals surface area contributed by atoms with E-state index in [1.165, 1.54) is 4.57 Å². The van der Waals surface area contributed by atoms with Gasteiger partial charge in [-0.25, -0.2) is 9.97 Å². The van der Waals surface area contributed by atoms with Crippen molar-refractivity contribution in [1.82, 2.24) is 19.9 Å². The average Bonchev–Trinajstić information content (AvgIpc) is 2.72. The number of aromatic nitrogens is 3. The molecule has 6 heteroatoms. The smallest absolute Gasteiger partial charge is 0.263 e. The number of hydrogen-bond acceptors (Lipinski definition) is 4. The fourth-order valence-corrected chi connectivity index (χ4v) is 3.91. The van der Waals surface area contributed by atoms with Gasteiger partial charge in [0.15, 0.2) is 5.82 Å². The first kappa shape index (κ1) is 19.1. The van der Waals surface area contributed by atoms with Crippen molar-refractivity contribution >= 4 is 5.91 Å². The molecule has 1 aliphatic rings. The molecule has 0 saturated heterocycles. The molecule has 1 amide bonds. The number of fused-ring (bicyclic) bond motifs is 1. The number of carbonyl (C=O) groups excluding carboxylic acids is 1. The Morgan fingerprint density at radius 2 is 1.97 bits per heavy atom. The summed E-state index contributed by atoms with van der Waals surface area (Å²) in [6.07, 6.45) is 4.40. The lowest BCUT2D eigenvalue weighted by Crippen LogP contribution is -2.37. The van der Waals surface area contributed by atoms with Crippen LogP contribution in [0.25, 0.3) is 11.4 Å². The maximum Gasteiger partial charge on any atom is 0.263 e. The summed E-state index contributed by atoms with van der Waals surface area (Å²) in [5.74, 6) is 0.354. The summed E-state index contributed by atoms with van der Waals surface area (Å²) < 4.78 is 1.51. The fraction of sp³-hybridized carbons (Fsp3) is 0.304. The molecule has 0 bridgehead atoms. The Morgan fingerprint density at radius 3 is 2.72 bits per heavy atom. The minimum Gasteiger partial charge on any atom is -0.345 e. The van der Waals surface area contributed by atoms with Crippen LogP contribution in [0.4, 0.5) is 0 Å². The molecule has 0 fully saturated rings. The van der Waals surface area contributed by atoms with E-state index in [-0.39, 0.29) is 23.1 Å². The van der Waals surface area contributed by atoms with E-state index in [4.69, 9.17) is 4.98 Å². The first-order chi connectivity index (χ1) is 14.0. The number of pyridine rings is 1. The van der Waals surface area contributed by atoms with Gasteiger partial charge < -0.3 is 9.88 Å². The highest BCUT2D eigenvalue weighted by Crippen LogP contribution is 2.29. The molecule has 0 spiro atoms. The summed E-state index contributed by atoms with van der Waals surface area (Å²) in [6.45, 7) is 3.66. The van der Waals surface area contributed by atoms with Gasteiger partial charge in [-0.05, 0) is 44.7 Å². The molecule has 1 atom stereocenters. The van der Waals surface area contributed by atoms with Crippen molar-refractivity contribution in [2.24, 2.45) is 7.05 Å². The fourth-order valence-electron chi connectivity index (χ4n) is 3.91. The van der Waals surface area contributed by atoms with Gasteiger partial charge in [-0.15, -0.1) is 0 Å². The number of benzene rings is 1. The van der Waals surface area contributed by atoms with Crippen LogP contribution in [0.3, 0.4) is 0 Å². The van der Waals surface area contributed by atoms with Gasteiger partial charge in [-0.3, -0.25) is 9.59 Å². The van der Waals surface area contributed by atoms with Gasteiger partial charge in [0.1, 0.15) is 5.56 Å². The lowest BCUT2D eigenvalue weighted by atomic mass is 9.92. The molecule has 1 unspecified atom stereocenters. The van der Waals surface area contributed by atoms with Crippen LogP contribution >= 0.6 is 0 Å². The van der Waals surface area contributed by atoms with E-state index in [2.05, 4.69) is 10.3 Å². The Hall–Kier alpha value is -3.28. The molecule has 0 radical (unpaired) electrons. The zero-order chi connectivity index (χ0) is 20.5. The monoisotopic (exact) mass is 388 g/mol. The van der Waals surface area contributed by atoms with E-state index < -0.39 is 0 Å². The number of nitrogens with one attached hydrogen (secondary N) is 1. The molecule has 1 aromatic carbocycles. The van der Waals surface area contributed by atoms with Crippen LogP contribution in [0.15, 0.2) is 47.4 Å². The molecule has 4 rings (SSSR count). The van der Waals surface area contributed by atoms with Crippen molar-refractivity contribution in [2.45, 2.75) is 39.2 Å². The van der Waals surface area contributed by atoms with Crippen molar-refractivity contribution < 1.29 is 4.79 Å². The van der Waals surface area contributed by atoms with Crippen LogP contribution in [0.2, 0.25) is 0 Å². The van der Waals surface area contributed by atoms with Gasteiger partial charge in [-0.1, -0.05) is 30.3 Å². The predicted octanol–water partition coefficient (Wildman–Crippen LogP) is 3.27. The highest BCUT2D eigenvalue weighted by atomic mass is 16.2. The minimum atomic E-state index is -0.340. The van der Waals surface area contributed by atoms with Crippen molar-refractivity contribution in [1.29, 1.82) is 0 Å². The highest BCUT2D eigenvalue weighted by Gasteiger charge is 2.26. The zero-order valence-electron chi connectivity index (χ0n) is 16.9. The summed E-state index contributed by atoms with van der Waals surface area (Å²) in [5.41, 5.74) is 4.32. The van der Waals surface area contributed by atoms with Gasteiger partial charge in [-0.2, -0.15) is 0 Å². The van der Waals surface area contributed by atoms with Crippen molar-refractivity contribution in [3.8, 4) is 11.4 Å². The molecule has 3 aromatic rings. The van der Waals surface area contributed by atoms with E-state index in [1.807, 2.05) is 49.5 Å². The lowest BCUT2D eigenvalue weighted by molar-refractivity contribution is 0.0929. The van der Waals surface area contributed by atoms with E-state index in [1.54, 1.807) is 14.0 Å². The van der Waals surface area contributed by atoms with Crippen LogP contribution in [-0.2, 0) is 13.5 Å². The van der Waals surface area contributed by atoms with E-state index in [9.17, 15) is 9.59 Å². The third-order valence-electron chi connectivity index (χ3n) is 5.61.